The first-order valence-electron chi connectivity index (χ1n) is 11.9. The van der Waals surface area contributed by atoms with Crippen molar-refractivity contribution in [3.63, 3.8) is 0 Å². The van der Waals surface area contributed by atoms with Gasteiger partial charge in [-0.1, -0.05) is 45.0 Å². The quantitative estimate of drug-likeness (QED) is 0.289. The third kappa shape index (κ3) is 9.00. The molecule has 184 valence electrons. The number of benzene rings is 2. The highest BCUT2D eigenvalue weighted by atomic mass is 15.2. The lowest BCUT2D eigenvalue weighted by Gasteiger charge is -2.26. The minimum atomic E-state index is -0.276. The number of para-hydroxylation sites is 1. The number of guanidine groups is 1. The topological polar surface area (TPSA) is 73.2 Å². The van der Waals surface area contributed by atoms with Crippen LogP contribution >= 0.6 is 0 Å². The van der Waals surface area contributed by atoms with Gasteiger partial charge in [-0.3, -0.25) is 0 Å². The molecule has 0 unspecified atom stereocenters. The summed E-state index contributed by atoms with van der Waals surface area (Å²) >= 11 is 0. The Kier molecular flexibility index (Phi) is 9.02. The van der Waals surface area contributed by atoms with Gasteiger partial charge in [-0.15, -0.1) is 0 Å². The molecule has 2 aromatic carbocycles. The van der Waals surface area contributed by atoms with E-state index < -0.39 is 0 Å². The van der Waals surface area contributed by atoms with E-state index in [1.54, 1.807) is 0 Å². The highest BCUT2D eigenvalue weighted by Gasteiger charge is 2.23. The number of rotatable bonds is 8. The maximum atomic E-state index is 4.87. The van der Waals surface area contributed by atoms with Crippen LogP contribution in [0.4, 0.5) is 17.1 Å². The second-order valence-electron chi connectivity index (χ2n) is 10.9. The Morgan fingerprint density at radius 1 is 0.824 bits per heavy atom. The van der Waals surface area contributed by atoms with Gasteiger partial charge >= 0.3 is 0 Å². The fraction of sp³-hybridized carbons (Fsp3) is 0.464. The van der Waals surface area contributed by atoms with Crippen molar-refractivity contribution in [1.29, 1.82) is 0 Å². The summed E-state index contributed by atoms with van der Waals surface area (Å²) in [6, 6.07) is 18.3. The van der Waals surface area contributed by atoms with Crippen LogP contribution in [-0.2, 0) is 0 Å². The minimum absolute atomic E-state index is 0.0358. The van der Waals surface area contributed by atoms with Crippen LogP contribution < -0.4 is 16.0 Å². The van der Waals surface area contributed by atoms with E-state index in [1.165, 1.54) is 0 Å². The lowest BCUT2D eigenvalue weighted by molar-refractivity contribution is 0.499. The van der Waals surface area contributed by atoms with Crippen LogP contribution in [-0.4, -0.2) is 36.1 Å². The van der Waals surface area contributed by atoms with Gasteiger partial charge in [0.05, 0.1) is 12.1 Å². The summed E-state index contributed by atoms with van der Waals surface area (Å²) in [5.74, 6) is 1.18. The molecule has 0 aliphatic carbocycles. The third-order valence-corrected chi connectivity index (χ3v) is 5.37. The molecule has 0 fully saturated rings. The summed E-state index contributed by atoms with van der Waals surface area (Å²) in [5.41, 5.74) is 2.47. The molecule has 0 amide bonds. The first-order chi connectivity index (χ1) is 15.8. The summed E-state index contributed by atoms with van der Waals surface area (Å²) in [5, 5.41) is 10.5. The Morgan fingerprint density at radius 2 is 1.44 bits per heavy atom. The highest BCUT2D eigenvalue weighted by Crippen LogP contribution is 2.24. The molecule has 0 heterocycles. The van der Waals surface area contributed by atoms with Gasteiger partial charge in [0.2, 0.25) is 5.96 Å². The Hall–Kier alpha value is -3.15. The van der Waals surface area contributed by atoms with E-state index in [0.29, 0.717) is 18.3 Å². The van der Waals surface area contributed by atoms with E-state index >= 15 is 0 Å². The van der Waals surface area contributed by atoms with Crippen molar-refractivity contribution in [1.82, 2.24) is 0 Å². The second-order valence-corrected chi connectivity index (χ2v) is 10.9. The lowest BCUT2D eigenvalue weighted by atomic mass is 9.89. The molecule has 0 bridgehead atoms. The van der Waals surface area contributed by atoms with Gasteiger partial charge < -0.3 is 16.0 Å². The predicted molar refractivity (Wildman–Crippen MR) is 151 cm³/mol. The smallest absolute Gasteiger partial charge is 0.224 e. The zero-order valence-electron chi connectivity index (χ0n) is 22.2. The molecular weight excluding hydrogens is 420 g/mol. The van der Waals surface area contributed by atoms with E-state index in [1.807, 2.05) is 30.3 Å². The van der Waals surface area contributed by atoms with E-state index in [-0.39, 0.29) is 16.5 Å². The SMILES string of the molecule is C=N/C(=N\C(=NCC(C)(C)Nc1ccccc1)Nc1cccc(NC(C)(C)C)c1)C(C)(C)CC. The van der Waals surface area contributed by atoms with Gasteiger partial charge in [0.25, 0.3) is 0 Å². The highest BCUT2D eigenvalue weighted by molar-refractivity contribution is 6.05. The van der Waals surface area contributed by atoms with Crippen LogP contribution in [0, 0.1) is 5.41 Å². The first kappa shape index (κ1) is 27.1. The maximum Gasteiger partial charge on any atom is 0.224 e. The van der Waals surface area contributed by atoms with Crippen molar-refractivity contribution in [3.8, 4) is 0 Å². The molecule has 3 N–H and O–H groups in total. The average molecular weight is 463 g/mol. The van der Waals surface area contributed by atoms with Crippen LogP contribution in [0.3, 0.4) is 0 Å². The number of hydrogen-bond acceptors (Lipinski definition) is 3. The van der Waals surface area contributed by atoms with Crippen LogP contribution in [0.2, 0.25) is 0 Å². The molecule has 0 saturated heterocycles. The predicted octanol–water partition coefficient (Wildman–Crippen LogP) is 7.09. The molecular formula is C28H42N6. The molecule has 0 aromatic heterocycles. The summed E-state index contributed by atoms with van der Waals surface area (Å²) < 4.78 is 0. The summed E-state index contributed by atoms with van der Waals surface area (Å²) in [7, 11) is 0. The molecule has 34 heavy (non-hydrogen) atoms. The van der Waals surface area contributed by atoms with Crippen molar-refractivity contribution < 1.29 is 0 Å². The number of nitrogens with zero attached hydrogens (tertiary/aromatic N) is 3. The van der Waals surface area contributed by atoms with Gasteiger partial charge in [-0.05, 0) is 78.1 Å². The standard InChI is InChI=1S/C28H42N6/c1-10-27(5,6)24(29-9)32-25(30-20-28(7,8)34-21-15-12-11-13-16-21)31-22-17-14-18-23(19-22)33-26(2,3)4/h11-19,33-34H,9-10,20H2,1-8H3,(H,30,31)/b32-24-. The fourth-order valence-corrected chi connectivity index (χ4v) is 3.22. The summed E-state index contributed by atoms with van der Waals surface area (Å²) in [6.07, 6.45) is 0.893. The van der Waals surface area contributed by atoms with E-state index in [0.717, 1.165) is 23.5 Å². The molecule has 0 spiro atoms. The number of nitrogens with one attached hydrogen (secondary N) is 3. The zero-order valence-corrected chi connectivity index (χ0v) is 22.2. The van der Waals surface area contributed by atoms with Gasteiger partial charge in [-0.2, -0.15) is 4.99 Å². The normalized spacial score (nSPS) is 13.4. The number of anilines is 3. The molecule has 2 aromatic rings. The molecule has 0 saturated carbocycles. The molecule has 0 aliphatic heterocycles. The number of aliphatic imine (C=N–C) groups is 3. The summed E-state index contributed by atoms with van der Waals surface area (Å²) in [4.78, 5) is 13.9. The third-order valence-electron chi connectivity index (χ3n) is 5.37. The van der Waals surface area contributed by atoms with Gasteiger partial charge in [-0.25, -0.2) is 9.98 Å². The van der Waals surface area contributed by atoms with Crippen molar-refractivity contribution >= 4 is 35.6 Å². The van der Waals surface area contributed by atoms with Crippen molar-refractivity contribution in [2.45, 2.75) is 72.9 Å². The molecule has 2 rings (SSSR count). The van der Waals surface area contributed by atoms with Gasteiger partial charge in [0, 0.05) is 28.0 Å². The van der Waals surface area contributed by atoms with Crippen molar-refractivity contribution in [2.75, 3.05) is 22.5 Å². The van der Waals surface area contributed by atoms with Crippen LogP contribution in [0.1, 0.15) is 61.8 Å². The largest absolute Gasteiger partial charge is 0.380 e. The maximum absolute atomic E-state index is 4.87. The number of hydrogen-bond donors (Lipinski definition) is 3. The molecule has 6 nitrogen and oxygen atoms in total. The molecule has 0 radical (unpaired) electrons. The average Bonchev–Trinajstić information content (AvgIpc) is 2.75. The Bertz CT molecular complexity index is 997. The Labute approximate surface area is 206 Å². The van der Waals surface area contributed by atoms with E-state index in [9.17, 15) is 0 Å². The Morgan fingerprint density at radius 3 is 2.03 bits per heavy atom. The van der Waals surface area contributed by atoms with Crippen LogP contribution in [0.15, 0.2) is 69.6 Å². The first-order valence-corrected chi connectivity index (χ1v) is 11.9. The van der Waals surface area contributed by atoms with Crippen LogP contribution in [0.25, 0.3) is 0 Å². The molecule has 0 aliphatic rings. The Balaban J connectivity index is 2.36. The number of amidine groups is 1. The van der Waals surface area contributed by atoms with Crippen molar-refractivity contribution in [2.24, 2.45) is 20.4 Å². The molecule has 0 atom stereocenters. The second kappa shape index (κ2) is 11.3. The monoisotopic (exact) mass is 462 g/mol. The lowest BCUT2D eigenvalue weighted by Crippen LogP contribution is -2.35. The van der Waals surface area contributed by atoms with Crippen LogP contribution in [0.5, 0.6) is 0 Å². The molecule has 6 heteroatoms. The van der Waals surface area contributed by atoms with E-state index in [4.69, 9.17) is 9.98 Å². The van der Waals surface area contributed by atoms with Gasteiger partial charge in [0.15, 0.2) is 0 Å². The van der Waals surface area contributed by atoms with Crippen molar-refractivity contribution in [3.05, 3.63) is 54.6 Å². The minimum Gasteiger partial charge on any atom is -0.380 e. The fourth-order valence-electron chi connectivity index (χ4n) is 3.22. The zero-order chi connectivity index (χ0) is 25.4. The van der Waals surface area contributed by atoms with Gasteiger partial charge in [0.1, 0.15) is 5.84 Å². The summed E-state index contributed by atoms with van der Waals surface area (Å²) in [6.45, 7) is 21.3. The van der Waals surface area contributed by atoms with E-state index in [2.05, 4.69) is 107 Å².